The van der Waals surface area contributed by atoms with Gasteiger partial charge in [0.25, 0.3) is 5.56 Å². The van der Waals surface area contributed by atoms with Gasteiger partial charge in [0.15, 0.2) is 5.52 Å². The predicted octanol–water partition coefficient (Wildman–Crippen LogP) is 1.83. The van der Waals surface area contributed by atoms with Gasteiger partial charge in [-0.25, -0.2) is 9.78 Å². The summed E-state index contributed by atoms with van der Waals surface area (Å²) < 4.78 is 2.43. The highest BCUT2D eigenvalue weighted by molar-refractivity contribution is 5.80. The van der Waals surface area contributed by atoms with Crippen LogP contribution < -0.4 is 16.6 Å². The Balaban J connectivity index is 2.12. The number of nitrogens with zero attached hydrogens (tertiary/aromatic N) is 3. The lowest BCUT2D eigenvalue weighted by Crippen LogP contribution is -2.46. The maximum absolute atomic E-state index is 13.1. The number of rotatable bonds is 4. The molecule has 1 aromatic carbocycles. The summed E-state index contributed by atoms with van der Waals surface area (Å²) in [5.74, 6) is -0.305. The van der Waals surface area contributed by atoms with Crippen LogP contribution in [0.1, 0.15) is 31.9 Å². The van der Waals surface area contributed by atoms with Gasteiger partial charge in [-0.15, -0.1) is 0 Å². The van der Waals surface area contributed by atoms with Crippen LogP contribution in [0.25, 0.3) is 11.0 Å². The molecule has 0 aliphatic heterocycles. The second-order valence-corrected chi connectivity index (χ2v) is 7.91. The number of carbonyl (C=O) groups is 1. The zero-order valence-corrected chi connectivity index (χ0v) is 16.5. The van der Waals surface area contributed by atoms with Crippen molar-refractivity contribution in [3.63, 3.8) is 0 Å². The number of benzene rings is 1. The molecule has 0 spiro atoms. The second kappa shape index (κ2) is 7.42. The number of nitrogens with one attached hydrogen (secondary N) is 1. The molecule has 28 heavy (non-hydrogen) atoms. The summed E-state index contributed by atoms with van der Waals surface area (Å²) >= 11 is 0. The van der Waals surface area contributed by atoms with Gasteiger partial charge in [-0.1, -0.05) is 29.8 Å². The molecule has 1 N–H and O–H groups in total. The summed E-state index contributed by atoms with van der Waals surface area (Å²) in [6.07, 6.45) is 1.50. The van der Waals surface area contributed by atoms with Crippen LogP contribution >= 0.6 is 0 Å². The van der Waals surface area contributed by atoms with Crippen molar-refractivity contribution in [2.45, 2.75) is 46.3 Å². The third-order valence-electron chi connectivity index (χ3n) is 4.26. The molecule has 1 amide bonds. The fourth-order valence-electron chi connectivity index (χ4n) is 3.01. The number of hydrogen-bond acceptors (Lipinski definition) is 4. The maximum atomic E-state index is 13.1. The number of amides is 1. The molecule has 3 rings (SSSR count). The smallest absolute Gasteiger partial charge is 0.332 e. The van der Waals surface area contributed by atoms with Gasteiger partial charge < -0.3 is 5.32 Å². The third-order valence-corrected chi connectivity index (χ3v) is 4.26. The molecule has 0 unspecified atom stereocenters. The topological polar surface area (TPSA) is 86.0 Å². The highest BCUT2D eigenvalue weighted by atomic mass is 16.2. The average Bonchev–Trinajstić information content (AvgIpc) is 2.62. The van der Waals surface area contributed by atoms with E-state index in [-0.39, 0.29) is 24.5 Å². The lowest BCUT2D eigenvalue weighted by Gasteiger charge is -2.21. The molecule has 0 bridgehead atoms. The van der Waals surface area contributed by atoms with Gasteiger partial charge in [0, 0.05) is 11.7 Å². The van der Waals surface area contributed by atoms with E-state index < -0.39 is 16.8 Å². The van der Waals surface area contributed by atoms with Crippen molar-refractivity contribution in [3.05, 3.63) is 74.6 Å². The predicted molar refractivity (Wildman–Crippen MR) is 108 cm³/mol. The number of aryl methyl sites for hydroxylation is 1. The molecule has 0 atom stereocenters. The third kappa shape index (κ3) is 4.19. The van der Waals surface area contributed by atoms with Crippen LogP contribution in [0.4, 0.5) is 0 Å². The molecule has 0 fully saturated rings. The van der Waals surface area contributed by atoms with E-state index in [9.17, 15) is 14.4 Å². The first-order chi connectivity index (χ1) is 13.2. The maximum Gasteiger partial charge on any atom is 0.332 e. The quantitative estimate of drug-likeness (QED) is 0.748. The Morgan fingerprint density at radius 2 is 1.75 bits per heavy atom. The number of pyridine rings is 1. The van der Waals surface area contributed by atoms with Gasteiger partial charge in [-0.2, -0.15) is 0 Å². The summed E-state index contributed by atoms with van der Waals surface area (Å²) in [4.78, 5) is 42.6. The minimum atomic E-state index is -0.532. The zero-order valence-electron chi connectivity index (χ0n) is 16.5. The van der Waals surface area contributed by atoms with Crippen LogP contribution in [-0.4, -0.2) is 25.6 Å². The summed E-state index contributed by atoms with van der Waals surface area (Å²) in [7, 11) is 0. The van der Waals surface area contributed by atoms with Gasteiger partial charge in [0.1, 0.15) is 6.54 Å². The molecule has 7 heteroatoms. The first kappa shape index (κ1) is 19.5. The fourth-order valence-corrected chi connectivity index (χ4v) is 3.01. The van der Waals surface area contributed by atoms with Crippen LogP contribution in [0.3, 0.4) is 0 Å². The number of fused-ring (bicyclic) bond motifs is 1. The average molecular weight is 380 g/mol. The van der Waals surface area contributed by atoms with E-state index >= 15 is 0 Å². The lowest BCUT2D eigenvalue weighted by atomic mass is 10.1. The molecule has 0 radical (unpaired) electrons. The standard InChI is InChI=1S/C21H24N4O3/c1-14-7-9-15(10-8-14)12-25-19(27)18-16(6-5-11-22-18)24(20(25)28)13-17(26)23-21(2,3)4/h5-11H,12-13H2,1-4H3,(H,23,26). The van der Waals surface area contributed by atoms with Crippen molar-refractivity contribution in [2.75, 3.05) is 0 Å². The Bertz CT molecular complexity index is 1140. The van der Waals surface area contributed by atoms with E-state index in [0.29, 0.717) is 5.52 Å². The first-order valence-corrected chi connectivity index (χ1v) is 9.10. The number of aromatic nitrogens is 3. The van der Waals surface area contributed by atoms with E-state index in [1.165, 1.54) is 10.8 Å². The second-order valence-electron chi connectivity index (χ2n) is 7.91. The Labute approximate surface area is 162 Å². The van der Waals surface area contributed by atoms with Crippen molar-refractivity contribution in [1.82, 2.24) is 19.4 Å². The van der Waals surface area contributed by atoms with Crippen molar-refractivity contribution in [2.24, 2.45) is 0 Å². The molecule has 0 saturated carbocycles. The van der Waals surface area contributed by atoms with Crippen LogP contribution in [0.15, 0.2) is 52.2 Å². The number of carbonyl (C=O) groups excluding carboxylic acids is 1. The summed E-state index contributed by atoms with van der Waals surface area (Å²) in [6.45, 7) is 7.50. The normalized spacial score (nSPS) is 11.6. The van der Waals surface area contributed by atoms with E-state index in [1.807, 2.05) is 52.0 Å². The van der Waals surface area contributed by atoms with Gasteiger partial charge in [-0.05, 0) is 45.4 Å². The Morgan fingerprint density at radius 1 is 1.07 bits per heavy atom. The highest BCUT2D eigenvalue weighted by Crippen LogP contribution is 2.08. The van der Waals surface area contributed by atoms with E-state index in [1.54, 1.807) is 12.1 Å². The molecule has 2 aromatic heterocycles. The van der Waals surface area contributed by atoms with Crippen LogP contribution in [0, 0.1) is 6.92 Å². The summed E-state index contributed by atoms with van der Waals surface area (Å²) in [6, 6.07) is 10.9. The summed E-state index contributed by atoms with van der Waals surface area (Å²) in [5, 5.41) is 2.84. The SMILES string of the molecule is Cc1ccc(Cn2c(=O)c3ncccc3n(CC(=O)NC(C)(C)C)c2=O)cc1. The van der Waals surface area contributed by atoms with E-state index in [4.69, 9.17) is 0 Å². The minimum Gasteiger partial charge on any atom is -0.350 e. The van der Waals surface area contributed by atoms with Crippen molar-refractivity contribution in [3.8, 4) is 0 Å². The van der Waals surface area contributed by atoms with E-state index in [2.05, 4.69) is 10.3 Å². The van der Waals surface area contributed by atoms with Crippen LogP contribution in [0.5, 0.6) is 0 Å². The first-order valence-electron chi connectivity index (χ1n) is 9.10. The number of hydrogen-bond donors (Lipinski definition) is 1. The van der Waals surface area contributed by atoms with Crippen molar-refractivity contribution >= 4 is 16.9 Å². The molecule has 0 aliphatic carbocycles. The lowest BCUT2D eigenvalue weighted by molar-refractivity contribution is -0.123. The molecule has 0 aliphatic rings. The Kier molecular flexibility index (Phi) is 5.18. The molecule has 0 saturated heterocycles. The van der Waals surface area contributed by atoms with Gasteiger partial charge in [-0.3, -0.25) is 18.7 Å². The van der Waals surface area contributed by atoms with Crippen LogP contribution in [0.2, 0.25) is 0 Å². The largest absolute Gasteiger partial charge is 0.350 e. The Morgan fingerprint density at radius 3 is 2.39 bits per heavy atom. The van der Waals surface area contributed by atoms with Crippen molar-refractivity contribution < 1.29 is 4.79 Å². The molecular weight excluding hydrogens is 356 g/mol. The Hall–Kier alpha value is -3.22. The molecule has 7 nitrogen and oxygen atoms in total. The monoisotopic (exact) mass is 380 g/mol. The molecule has 2 heterocycles. The van der Waals surface area contributed by atoms with Crippen LogP contribution in [-0.2, 0) is 17.9 Å². The molecule has 3 aromatic rings. The van der Waals surface area contributed by atoms with Crippen molar-refractivity contribution in [1.29, 1.82) is 0 Å². The van der Waals surface area contributed by atoms with Gasteiger partial charge >= 0.3 is 5.69 Å². The minimum absolute atomic E-state index is 0.116. The zero-order chi connectivity index (χ0) is 20.5. The molecule has 146 valence electrons. The summed E-state index contributed by atoms with van der Waals surface area (Å²) in [5.41, 5.74) is 1.01. The molecular formula is C21H24N4O3. The van der Waals surface area contributed by atoms with Gasteiger partial charge in [0.05, 0.1) is 12.1 Å². The highest BCUT2D eigenvalue weighted by Gasteiger charge is 2.19. The van der Waals surface area contributed by atoms with E-state index in [0.717, 1.165) is 15.7 Å². The van der Waals surface area contributed by atoms with Gasteiger partial charge in [0.2, 0.25) is 5.91 Å². The fraction of sp³-hybridized carbons (Fsp3) is 0.333.